The maximum atomic E-state index is 13.0. The number of Topliss-reactive ketones (excluding diaryl/α,β-unsaturated/α-hetero) is 2. The zero-order valence-electron chi connectivity index (χ0n) is 16.3. The van der Waals surface area contributed by atoms with Gasteiger partial charge < -0.3 is 9.84 Å². The Balaban J connectivity index is 2.44. The van der Waals surface area contributed by atoms with Gasteiger partial charge >= 0.3 is 5.97 Å². The average Bonchev–Trinajstić information content (AvgIpc) is 2.50. The van der Waals surface area contributed by atoms with Crippen molar-refractivity contribution in [2.45, 2.75) is 77.9 Å². The van der Waals surface area contributed by atoms with Crippen molar-refractivity contribution in [3.63, 3.8) is 0 Å². The molecule has 3 atom stereocenters. The number of aliphatic hydroxyl groups is 1. The summed E-state index contributed by atoms with van der Waals surface area (Å²) in [6.45, 7) is 10.9. The lowest BCUT2D eigenvalue weighted by Crippen LogP contribution is -2.62. The van der Waals surface area contributed by atoms with Gasteiger partial charge in [0.1, 0.15) is 6.10 Å². The molecule has 2 bridgehead atoms. The summed E-state index contributed by atoms with van der Waals surface area (Å²) in [5.74, 6) is -1.20. The Morgan fingerprint density at radius 3 is 2.46 bits per heavy atom. The molecule has 0 unspecified atom stereocenters. The highest BCUT2D eigenvalue weighted by Crippen LogP contribution is 2.49. The number of fused-ring (bicyclic) bond motifs is 2. The summed E-state index contributed by atoms with van der Waals surface area (Å²) < 4.78 is 5.34. The number of ketones is 2. The zero-order chi connectivity index (χ0) is 19.7. The van der Waals surface area contributed by atoms with Crippen LogP contribution in [0.2, 0.25) is 0 Å². The number of hydrogen-bond donors (Lipinski definition) is 1. The van der Waals surface area contributed by atoms with Gasteiger partial charge in [-0.1, -0.05) is 31.6 Å². The summed E-state index contributed by atoms with van der Waals surface area (Å²) in [5.41, 5.74) is -1.16. The fraction of sp³-hybridized carbons (Fsp3) is 0.667. The van der Waals surface area contributed by atoms with Crippen molar-refractivity contribution in [1.29, 1.82) is 0 Å². The molecule has 0 saturated heterocycles. The van der Waals surface area contributed by atoms with Crippen LogP contribution < -0.4 is 0 Å². The third-order valence-electron chi connectivity index (χ3n) is 6.04. The molecule has 1 fully saturated rings. The predicted molar refractivity (Wildman–Crippen MR) is 98.4 cm³/mol. The number of esters is 1. The molecule has 26 heavy (non-hydrogen) atoms. The van der Waals surface area contributed by atoms with Crippen molar-refractivity contribution in [3.05, 3.63) is 23.8 Å². The maximum absolute atomic E-state index is 13.0. The summed E-state index contributed by atoms with van der Waals surface area (Å²) in [7, 11) is 0. The van der Waals surface area contributed by atoms with Gasteiger partial charge in [0.2, 0.25) is 0 Å². The molecule has 0 aliphatic heterocycles. The second-order valence-electron chi connectivity index (χ2n) is 8.34. The Kier molecular flexibility index (Phi) is 5.91. The molecule has 0 aromatic carbocycles. The van der Waals surface area contributed by atoms with Crippen LogP contribution in [-0.4, -0.2) is 34.3 Å². The van der Waals surface area contributed by atoms with Crippen molar-refractivity contribution >= 4 is 17.5 Å². The molecule has 0 aromatic rings. The minimum Gasteiger partial charge on any atom is -0.458 e. The van der Waals surface area contributed by atoms with Crippen LogP contribution in [-0.2, 0) is 19.1 Å². The summed E-state index contributed by atoms with van der Waals surface area (Å²) in [5, 5.41) is 11.2. The lowest BCUT2D eigenvalue weighted by Gasteiger charge is -2.49. The average molecular weight is 362 g/mol. The van der Waals surface area contributed by atoms with Gasteiger partial charge in [0.05, 0.1) is 0 Å². The highest BCUT2D eigenvalue weighted by atomic mass is 16.5. The van der Waals surface area contributed by atoms with Crippen LogP contribution in [0.5, 0.6) is 0 Å². The molecule has 2 aliphatic rings. The van der Waals surface area contributed by atoms with E-state index in [1.807, 2.05) is 13.8 Å². The fourth-order valence-corrected chi connectivity index (χ4v) is 4.39. The van der Waals surface area contributed by atoms with E-state index in [9.17, 15) is 19.5 Å². The van der Waals surface area contributed by atoms with E-state index in [1.54, 1.807) is 13.0 Å². The molecular weight excluding hydrogens is 332 g/mol. The standard InChI is InChI=1S/C21H30O5/c1-13-6-7-16-8-9-18(23)21(25,20(16,4)5)19(24)12-14(2)11-17(10-13)26-15(3)22/h11,16-17,25H,1,6-10,12H2,2-5H3/b14-11+/t16-,17+,21+/m1/s1. The van der Waals surface area contributed by atoms with Crippen LogP contribution in [0.4, 0.5) is 0 Å². The van der Waals surface area contributed by atoms with E-state index < -0.39 is 28.9 Å². The van der Waals surface area contributed by atoms with Gasteiger partial charge in [0, 0.05) is 31.6 Å². The van der Waals surface area contributed by atoms with Crippen LogP contribution >= 0.6 is 0 Å². The summed E-state index contributed by atoms with van der Waals surface area (Å²) in [6.07, 6.45) is 4.06. The van der Waals surface area contributed by atoms with Gasteiger partial charge in [-0.25, -0.2) is 0 Å². The lowest BCUT2D eigenvalue weighted by atomic mass is 9.56. The van der Waals surface area contributed by atoms with Gasteiger partial charge in [0.25, 0.3) is 0 Å². The largest absolute Gasteiger partial charge is 0.458 e. The van der Waals surface area contributed by atoms with Crippen LogP contribution in [0.1, 0.15) is 66.2 Å². The van der Waals surface area contributed by atoms with Crippen LogP contribution in [0.25, 0.3) is 0 Å². The van der Waals surface area contributed by atoms with Crippen molar-refractivity contribution in [1.82, 2.24) is 0 Å². The van der Waals surface area contributed by atoms with E-state index in [4.69, 9.17) is 4.74 Å². The first-order chi connectivity index (χ1) is 12.0. The predicted octanol–water partition coefficient (Wildman–Crippen LogP) is 3.30. The van der Waals surface area contributed by atoms with Crippen molar-refractivity contribution in [2.75, 3.05) is 0 Å². The fourth-order valence-electron chi connectivity index (χ4n) is 4.39. The first-order valence-electron chi connectivity index (χ1n) is 9.28. The SMILES string of the molecule is C=C1CC[C@@H]2CCC(=O)[C@](O)(C(=O)C/C(C)=C/[C@@H](OC(C)=O)C1)C2(C)C. The minimum atomic E-state index is -1.97. The van der Waals surface area contributed by atoms with E-state index >= 15 is 0 Å². The molecule has 0 aromatic heterocycles. The molecule has 5 nitrogen and oxygen atoms in total. The minimum absolute atomic E-state index is 0.0391. The second-order valence-corrected chi connectivity index (χ2v) is 8.34. The van der Waals surface area contributed by atoms with E-state index in [0.29, 0.717) is 24.8 Å². The highest BCUT2D eigenvalue weighted by molar-refractivity contribution is 6.12. The Morgan fingerprint density at radius 2 is 1.85 bits per heavy atom. The van der Waals surface area contributed by atoms with Crippen LogP contribution in [0.15, 0.2) is 23.8 Å². The Hall–Kier alpha value is -1.75. The Morgan fingerprint density at radius 1 is 1.23 bits per heavy atom. The molecule has 2 aliphatic carbocycles. The quantitative estimate of drug-likeness (QED) is 0.440. The Labute approximate surface area is 155 Å². The topological polar surface area (TPSA) is 80.7 Å². The summed E-state index contributed by atoms with van der Waals surface area (Å²) in [4.78, 5) is 36.9. The van der Waals surface area contributed by atoms with Gasteiger partial charge in [-0.2, -0.15) is 0 Å². The number of ether oxygens (including phenoxy) is 1. The van der Waals surface area contributed by atoms with Gasteiger partial charge in [0.15, 0.2) is 17.2 Å². The van der Waals surface area contributed by atoms with Crippen molar-refractivity contribution in [2.24, 2.45) is 11.3 Å². The van der Waals surface area contributed by atoms with Crippen LogP contribution in [0, 0.1) is 11.3 Å². The van der Waals surface area contributed by atoms with Gasteiger partial charge in [-0.05, 0) is 38.2 Å². The van der Waals surface area contributed by atoms with Crippen molar-refractivity contribution < 1.29 is 24.2 Å². The van der Waals surface area contributed by atoms with Gasteiger partial charge in [-0.3, -0.25) is 14.4 Å². The first kappa shape index (κ1) is 20.6. The number of hydrogen-bond acceptors (Lipinski definition) is 5. The molecule has 2 rings (SSSR count). The summed E-state index contributed by atoms with van der Waals surface area (Å²) >= 11 is 0. The molecule has 0 heterocycles. The van der Waals surface area contributed by atoms with E-state index in [2.05, 4.69) is 6.58 Å². The first-order valence-corrected chi connectivity index (χ1v) is 9.28. The van der Waals surface area contributed by atoms with E-state index in [0.717, 1.165) is 12.0 Å². The summed E-state index contributed by atoms with van der Waals surface area (Å²) in [6, 6.07) is 0. The molecular formula is C21H30O5. The monoisotopic (exact) mass is 362 g/mol. The molecule has 0 spiro atoms. The smallest absolute Gasteiger partial charge is 0.303 e. The molecule has 144 valence electrons. The molecule has 0 radical (unpaired) electrons. The molecule has 1 N–H and O–H groups in total. The highest BCUT2D eigenvalue weighted by Gasteiger charge is 2.59. The third kappa shape index (κ3) is 3.83. The second kappa shape index (κ2) is 7.47. The lowest BCUT2D eigenvalue weighted by molar-refractivity contribution is -0.175. The third-order valence-corrected chi connectivity index (χ3v) is 6.04. The van der Waals surface area contributed by atoms with Crippen LogP contribution in [0.3, 0.4) is 0 Å². The van der Waals surface area contributed by atoms with E-state index in [-0.39, 0.29) is 24.5 Å². The number of rotatable bonds is 1. The molecule has 1 saturated carbocycles. The molecule has 5 heteroatoms. The number of carbonyl (C=O) groups is 3. The van der Waals surface area contributed by atoms with Gasteiger partial charge in [-0.15, -0.1) is 0 Å². The number of carbonyl (C=O) groups excluding carboxylic acids is 3. The number of allylic oxidation sites excluding steroid dienone is 1. The van der Waals surface area contributed by atoms with Crippen molar-refractivity contribution in [3.8, 4) is 0 Å². The molecule has 0 amide bonds. The van der Waals surface area contributed by atoms with E-state index in [1.165, 1.54) is 6.92 Å². The Bertz CT molecular complexity index is 657. The zero-order valence-corrected chi connectivity index (χ0v) is 16.3. The normalized spacial score (nSPS) is 35.0. The maximum Gasteiger partial charge on any atom is 0.303 e.